The van der Waals surface area contributed by atoms with Crippen molar-refractivity contribution in [3.8, 4) is 5.69 Å². The molecule has 2 aliphatic heterocycles. The molecule has 4 rings (SSSR count). The number of anilines is 1. The molecule has 4 nitrogen and oxygen atoms in total. The predicted molar refractivity (Wildman–Crippen MR) is 109 cm³/mol. The van der Waals surface area contributed by atoms with Crippen molar-refractivity contribution in [2.75, 3.05) is 31.5 Å². The van der Waals surface area contributed by atoms with E-state index < -0.39 is 0 Å². The van der Waals surface area contributed by atoms with E-state index in [-0.39, 0.29) is 0 Å². The van der Waals surface area contributed by atoms with Gasteiger partial charge in [-0.1, -0.05) is 18.5 Å². The maximum absolute atomic E-state index is 6.18. The molecule has 3 heterocycles. The first-order valence-electron chi connectivity index (χ1n) is 10.0. The van der Waals surface area contributed by atoms with E-state index in [1.165, 1.54) is 54.9 Å². The zero-order valence-electron chi connectivity index (χ0n) is 15.9. The number of hydrogen-bond donors (Lipinski definition) is 1. The van der Waals surface area contributed by atoms with Gasteiger partial charge in [0.25, 0.3) is 0 Å². The van der Waals surface area contributed by atoms with Crippen LogP contribution in [0.2, 0.25) is 5.02 Å². The molecule has 0 aliphatic carbocycles. The van der Waals surface area contributed by atoms with Crippen molar-refractivity contribution >= 4 is 17.4 Å². The van der Waals surface area contributed by atoms with Gasteiger partial charge in [0, 0.05) is 29.6 Å². The second-order valence-electron chi connectivity index (χ2n) is 7.67. The first kappa shape index (κ1) is 17.9. The van der Waals surface area contributed by atoms with Gasteiger partial charge >= 0.3 is 0 Å². The summed E-state index contributed by atoms with van der Waals surface area (Å²) in [5.74, 6) is 1.75. The number of fused-ring (bicyclic) bond motifs is 1. The van der Waals surface area contributed by atoms with Crippen LogP contribution in [-0.4, -0.2) is 40.9 Å². The second kappa shape index (κ2) is 7.61. The molecule has 0 saturated carbocycles. The van der Waals surface area contributed by atoms with Gasteiger partial charge in [-0.25, -0.2) is 4.68 Å². The van der Waals surface area contributed by atoms with Crippen LogP contribution in [0.15, 0.2) is 18.2 Å². The van der Waals surface area contributed by atoms with Crippen LogP contribution in [0.4, 0.5) is 5.82 Å². The summed E-state index contributed by atoms with van der Waals surface area (Å²) < 4.78 is 2.15. The molecule has 1 atom stereocenters. The van der Waals surface area contributed by atoms with Crippen LogP contribution in [0.3, 0.4) is 0 Å². The molecule has 0 bridgehead atoms. The molecule has 1 aromatic carbocycles. The zero-order valence-corrected chi connectivity index (χ0v) is 16.6. The molecule has 2 aromatic rings. The highest BCUT2D eigenvalue weighted by molar-refractivity contribution is 6.30. The molecule has 0 radical (unpaired) electrons. The molecule has 0 amide bonds. The fraction of sp³-hybridized carbons (Fsp3) is 0.571. The molecule has 1 N–H and O–H groups in total. The topological polar surface area (TPSA) is 33.1 Å². The van der Waals surface area contributed by atoms with Crippen molar-refractivity contribution < 1.29 is 0 Å². The fourth-order valence-electron chi connectivity index (χ4n) is 4.45. The standard InChI is InChI=1S/C21H29ClN4/c1-3-25-12-6-7-16(14-25)20-18-8-4-5-11-23-21(18)26(24-20)19-10-9-17(22)13-15(19)2/h9-10,13,16,23H,3-8,11-12,14H2,1-2H3. The lowest BCUT2D eigenvalue weighted by Gasteiger charge is -2.31. The second-order valence-corrected chi connectivity index (χ2v) is 8.11. The van der Waals surface area contributed by atoms with Gasteiger partial charge in [0.05, 0.1) is 11.4 Å². The predicted octanol–water partition coefficient (Wildman–Crippen LogP) is 4.78. The summed E-state index contributed by atoms with van der Waals surface area (Å²) in [5.41, 5.74) is 5.07. The average molecular weight is 373 g/mol. The molecule has 1 unspecified atom stereocenters. The number of aromatic nitrogens is 2. The molecule has 26 heavy (non-hydrogen) atoms. The van der Waals surface area contributed by atoms with Crippen LogP contribution < -0.4 is 5.32 Å². The van der Waals surface area contributed by atoms with E-state index in [2.05, 4.69) is 34.8 Å². The van der Waals surface area contributed by atoms with E-state index in [0.29, 0.717) is 5.92 Å². The van der Waals surface area contributed by atoms with Crippen molar-refractivity contribution in [3.05, 3.63) is 40.0 Å². The number of nitrogens with zero attached hydrogens (tertiary/aromatic N) is 3. The number of benzene rings is 1. The molecule has 1 fully saturated rings. The molecular weight excluding hydrogens is 344 g/mol. The number of halogens is 1. The monoisotopic (exact) mass is 372 g/mol. The Labute approximate surface area is 161 Å². The largest absolute Gasteiger partial charge is 0.370 e. The van der Waals surface area contributed by atoms with Gasteiger partial charge in [0.15, 0.2) is 0 Å². The zero-order chi connectivity index (χ0) is 18.1. The fourth-order valence-corrected chi connectivity index (χ4v) is 4.68. The summed E-state index contributed by atoms with van der Waals surface area (Å²) >= 11 is 6.18. The number of aryl methyl sites for hydroxylation is 1. The van der Waals surface area contributed by atoms with Gasteiger partial charge in [-0.15, -0.1) is 0 Å². The van der Waals surface area contributed by atoms with Crippen molar-refractivity contribution in [2.45, 2.75) is 51.9 Å². The summed E-state index contributed by atoms with van der Waals surface area (Å²) in [4.78, 5) is 2.57. The lowest BCUT2D eigenvalue weighted by Crippen LogP contribution is -2.34. The summed E-state index contributed by atoms with van der Waals surface area (Å²) in [5, 5.41) is 9.62. The molecule has 1 aromatic heterocycles. The number of likely N-dealkylation sites (tertiary alicyclic amines) is 1. The highest BCUT2D eigenvalue weighted by atomic mass is 35.5. The molecular formula is C21H29ClN4. The first-order chi connectivity index (χ1) is 12.7. The van der Waals surface area contributed by atoms with Gasteiger partial charge in [-0.05, 0) is 75.9 Å². The molecule has 2 aliphatic rings. The van der Waals surface area contributed by atoms with Gasteiger partial charge in [-0.3, -0.25) is 0 Å². The lowest BCUT2D eigenvalue weighted by atomic mass is 9.91. The van der Waals surface area contributed by atoms with Crippen LogP contribution in [0.1, 0.15) is 55.3 Å². The Hall–Kier alpha value is -1.52. The van der Waals surface area contributed by atoms with E-state index >= 15 is 0 Å². The van der Waals surface area contributed by atoms with Crippen molar-refractivity contribution in [3.63, 3.8) is 0 Å². The number of likely N-dealkylation sites (N-methyl/N-ethyl adjacent to an activating group) is 1. The summed E-state index contributed by atoms with van der Waals surface area (Å²) in [7, 11) is 0. The summed E-state index contributed by atoms with van der Waals surface area (Å²) in [6, 6.07) is 6.09. The van der Waals surface area contributed by atoms with Gasteiger partial charge in [0.2, 0.25) is 0 Å². The van der Waals surface area contributed by atoms with Gasteiger partial charge < -0.3 is 10.2 Å². The van der Waals surface area contributed by atoms with Crippen molar-refractivity contribution in [1.29, 1.82) is 0 Å². The summed E-state index contributed by atoms with van der Waals surface area (Å²) in [6.07, 6.45) is 6.11. The minimum absolute atomic E-state index is 0.547. The highest BCUT2D eigenvalue weighted by Gasteiger charge is 2.29. The quantitative estimate of drug-likeness (QED) is 0.841. The van der Waals surface area contributed by atoms with Crippen LogP contribution in [0.5, 0.6) is 0 Å². The van der Waals surface area contributed by atoms with Gasteiger partial charge in [-0.2, -0.15) is 5.10 Å². The van der Waals surface area contributed by atoms with E-state index in [1.54, 1.807) is 0 Å². The number of piperidine rings is 1. The van der Waals surface area contributed by atoms with Crippen LogP contribution >= 0.6 is 11.6 Å². The number of nitrogens with one attached hydrogen (secondary N) is 1. The third-order valence-electron chi connectivity index (χ3n) is 5.89. The Kier molecular flexibility index (Phi) is 5.23. The third-order valence-corrected chi connectivity index (χ3v) is 6.12. The van der Waals surface area contributed by atoms with E-state index in [0.717, 1.165) is 36.8 Å². The minimum Gasteiger partial charge on any atom is -0.370 e. The Morgan fingerprint density at radius 1 is 1.27 bits per heavy atom. The Morgan fingerprint density at radius 3 is 2.96 bits per heavy atom. The lowest BCUT2D eigenvalue weighted by molar-refractivity contribution is 0.215. The van der Waals surface area contributed by atoms with Crippen molar-refractivity contribution in [2.24, 2.45) is 0 Å². The number of hydrogen-bond acceptors (Lipinski definition) is 3. The van der Waals surface area contributed by atoms with E-state index in [9.17, 15) is 0 Å². The third kappa shape index (κ3) is 3.37. The van der Waals surface area contributed by atoms with E-state index in [1.807, 2.05) is 12.1 Å². The maximum Gasteiger partial charge on any atom is 0.133 e. The SMILES string of the molecule is CCN1CCCC(c2nn(-c3ccc(Cl)cc3C)c3c2CCCCN3)C1. The minimum atomic E-state index is 0.547. The number of rotatable bonds is 3. The highest BCUT2D eigenvalue weighted by Crippen LogP contribution is 2.36. The smallest absolute Gasteiger partial charge is 0.133 e. The van der Waals surface area contributed by atoms with Crippen molar-refractivity contribution in [1.82, 2.24) is 14.7 Å². The molecule has 140 valence electrons. The Morgan fingerprint density at radius 2 is 2.15 bits per heavy atom. The first-order valence-corrected chi connectivity index (χ1v) is 10.4. The molecule has 1 saturated heterocycles. The Bertz CT molecular complexity index is 783. The van der Waals surface area contributed by atoms with Crippen LogP contribution in [0, 0.1) is 6.92 Å². The average Bonchev–Trinajstić information content (AvgIpc) is 2.83. The maximum atomic E-state index is 6.18. The normalized spacial score (nSPS) is 21.1. The molecule has 0 spiro atoms. The Balaban J connectivity index is 1.79. The summed E-state index contributed by atoms with van der Waals surface area (Å²) in [6.45, 7) is 8.90. The van der Waals surface area contributed by atoms with Crippen LogP contribution in [-0.2, 0) is 6.42 Å². The van der Waals surface area contributed by atoms with E-state index in [4.69, 9.17) is 16.7 Å². The van der Waals surface area contributed by atoms with Gasteiger partial charge in [0.1, 0.15) is 5.82 Å². The van der Waals surface area contributed by atoms with Crippen LogP contribution in [0.25, 0.3) is 5.69 Å². The molecule has 5 heteroatoms.